The van der Waals surface area contributed by atoms with Crippen LogP contribution in [0.1, 0.15) is 18.1 Å². The highest BCUT2D eigenvalue weighted by atomic mass is 19.1. The zero-order valence-corrected chi connectivity index (χ0v) is 15.3. The number of aliphatic hydroxyl groups excluding tert-OH is 1. The Balaban J connectivity index is 2.23. The number of aromatic nitrogens is 1. The van der Waals surface area contributed by atoms with Gasteiger partial charge >= 0.3 is 0 Å². The number of aliphatic hydroxyl groups is 1. The number of benzene rings is 2. The van der Waals surface area contributed by atoms with Crippen LogP contribution in [-0.4, -0.2) is 23.0 Å². The Kier molecular flexibility index (Phi) is 5.52. The molecule has 0 fully saturated rings. The third-order valence-electron chi connectivity index (χ3n) is 4.28. The van der Waals surface area contributed by atoms with Gasteiger partial charge in [-0.05, 0) is 73.7 Å². The normalized spacial score (nSPS) is 11.1. The summed E-state index contributed by atoms with van der Waals surface area (Å²) in [6.45, 7) is 7.02. The SMILES string of the molecule is C=Nc1ccc(-c2cc(CO)cnc2-c2ccc(F)c(C)c2)cc1/N=C\C. The summed E-state index contributed by atoms with van der Waals surface area (Å²) in [7, 11) is 0. The summed E-state index contributed by atoms with van der Waals surface area (Å²) in [4.78, 5) is 12.9. The molecule has 0 amide bonds. The molecule has 0 saturated carbocycles. The fourth-order valence-corrected chi connectivity index (χ4v) is 2.90. The van der Waals surface area contributed by atoms with Crippen molar-refractivity contribution < 1.29 is 9.50 Å². The molecule has 0 aliphatic rings. The first-order chi connectivity index (χ1) is 13.1. The molecule has 0 saturated heterocycles. The van der Waals surface area contributed by atoms with Crippen molar-refractivity contribution in [3.63, 3.8) is 0 Å². The maximum Gasteiger partial charge on any atom is 0.126 e. The fraction of sp³-hybridized carbons (Fsp3) is 0.136. The predicted octanol–water partition coefficient (Wildman–Crippen LogP) is 5.41. The lowest BCUT2D eigenvalue weighted by Gasteiger charge is -2.13. The Labute approximate surface area is 157 Å². The van der Waals surface area contributed by atoms with Crippen molar-refractivity contribution in [3.05, 3.63) is 65.6 Å². The lowest BCUT2D eigenvalue weighted by atomic mass is 9.96. The van der Waals surface area contributed by atoms with Crippen molar-refractivity contribution in [3.8, 4) is 22.4 Å². The van der Waals surface area contributed by atoms with Gasteiger partial charge in [-0.25, -0.2) is 4.39 Å². The van der Waals surface area contributed by atoms with Gasteiger partial charge in [-0.3, -0.25) is 15.0 Å². The lowest BCUT2D eigenvalue weighted by molar-refractivity contribution is 0.281. The highest BCUT2D eigenvalue weighted by Gasteiger charge is 2.13. The van der Waals surface area contributed by atoms with E-state index in [0.29, 0.717) is 28.2 Å². The monoisotopic (exact) mass is 361 g/mol. The number of hydrogen-bond acceptors (Lipinski definition) is 4. The Morgan fingerprint density at radius 2 is 1.89 bits per heavy atom. The van der Waals surface area contributed by atoms with Gasteiger partial charge in [0.1, 0.15) is 5.82 Å². The minimum atomic E-state index is -0.256. The minimum absolute atomic E-state index is 0.116. The fourth-order valence-electron chi connectivity index (χ4n) is 2.90. The van der Waals surface area contributed by atoms with E-state index in [1.807, 2.05) is 31.2 Å². The smallest absolute Gasteiger partial charge is 0.126 e. The maximum absolute atomic E-state index is 13.7. The average Bonchev–Trinajstić information content (AvgIpc) is 2.70. The number of rotatable bonds is 5. The molecule has 3 aromatic rings. The Bertz CT molecular complexity index is 1030. The van der Waals surface area contributed by atoms with Crippen molar-refractivity contribution in [1.29, 1.82) is 0 Å². The third kappa shape index (κ3) is 3.83. The van der Waals surface area contributed by atoms with Crippen LogP contribution < -0.4 is 0 Å². The molecule has 1 heterocycles. The molecule has 0 unspecified atom stereocenters. The maximum atomic E-state index is 13.7. The summed E-state index contributed by atoms with van der Waals surface area (Å²) in [6.07, 6.45) is 3.32. The standard InChI is InChI=1S/C22H20FN3O/c1-4-25-21-11-16(6-8-20(21)24-3)18-10-15(13-27)12-26-22(18)17-5-7-19(23)14(2)9-17/h4-12,27H,3,13H2,1-2H3/b25-4-. The molecule has 4 nitrogen and oxygen atoms in total. The largest absolute Gasteiger partial charge is 0.392 e. The molecule has 0 atom stereocenters. The van der Waals surface area contributed by atoms with Gasteiger partial charge in [0.05, 0.1) is 23.7 Å². The number of aryl methyl sites for hydroxylation is 1. The number of halogens is 1. The second-order valence-electron chi connectivity index (χ2n) is 6.11. The van der Waals surface area contributed by atoms with E-state index in [4.69, 9.17) is 0 Å². The quantitative estimate of drug-likeness (QED) is 0.618. The van der Waals surface area contributed by atoms with Crippen LogP contribution in [0.2, 0.25) is 0 Å². The van der Waals surface area contributed by atoms with Crippen LogP contribution in [0.4, 0.5) is 15.8 Å². The van der Waals surface area contributed by atoms with Crippen LogP contribution in [0.15, 0.2) is 58.6 Å². The third-order valence-corrected chi connectivity index (χ3v) is 4.28. The number of pyridine rings is 1. The van der Waals surface area contributed by atoms with E-state index < -0.39 is 0 Å². The highest BCUT2D eigenvalue weighted by molar-refractivity contribution is 5.85. The zero-order chi connectivity index (χ0) is 19.4. The molecule has 3 rings (SSSR count). The molecule has 1 aromatic heterocycles. The van der Waals surface area contributed by atoms with E-state index >= 15 is 0 Å². The van der Waals surface area contributed by atoms with Gasteiger partial charge in [-0.15, -0.1) is 0 Å². The van der Waals surface area contributed by atoms with Gasteiger partial charge in [-0.1, -0.05) is 6.07 Å². The number of hydrogen-bond donors (Lipinski definition) is 1. The first-order valence-electron chi connectivity index (χ1n) is 8.53. The van der Waals surface area contributed by atoms with Crippen molar-refractivity contribution >= 4 is 24.3 Å². The molecular weight excluding hydrogens is 341 g/mol. The molecule has 0 aliphatic carbocycles. The molecule has 2 aromatic carbocycles. The summed E-state index contributed by atoms with van der Waals surface area (Å²) in [6, 6.07) is 12.5. The van der Waals surface area contributed by atoms with Crippen molar-refractivity contribution in [2.45, 2.75) is 20.5 Å². The molecule has 0 spiro atoms. The summed E-state index contributed by atoms with van der Waals surface area (Å²) in [5.74, 6) is -0.256. The van der Waals surface area contributed by atoms with E-state index in [-0.39, 0.29) is 12.4 Å². The second-order valence-corrected chi connectivity index (χ2v) is 6.11. The van der Waals surface area contributed by atoms with Crippen LogP contribution in [0.5, 0.6) is 0 Å². The van der Waals surface area contributed by atoms with E-state index in [1.54, 1.807) is 31.5 Å². The second kappa shape index (κ2) is 8.01. The van der Waals surface area contributed by atoms with Crippen molar-refractivity contribution in [1.82, 2.24) is 4.98 Å². The number of aliphatic imine (C=N–C) groups is 2. The Hall–Kier alpha value is -3.18. The van der Waals surface area contributed by atoms with Crippen LogP contribution in [0, 0.1) is 12.7 Å². The van der Waals surface area contributed by atoms with Crippen LogP contribution >= 0.6 is 0 Å². The van der Waals surface area contributed by atoms with E-state index in [1.165, 1.54) is 6.07 Å². The first-order valence-corrected chi connectivity index (χ1v) is 8.53. The first kappa shape index (κ1) is 18.6. The summed E-state index contributed by atoms with van der Waals surface area (Å²) in [5.41, 5.74) is 5.84. The molecule has 27 heavy (non-hydrogen) atoms. The van der Waals surface area contributed by atoms with Gasteiger partial charge in [0.15, 0.2) is 0 Å². The Morgan fingerprint density at radius 3 is 2.56 bits per heavy atom. The van der Waals surface area contributed by atoms with Gasteiger partial charge < -0.3 is 5.11 Å². The molecule has 1 N–H and O–H groups in total. The number of nitrogens with zero attached hydrogens (tertiary/aromatic N) is 3. The van der Waals surface area contributed by atoms with Gasteiger partial charge in [-0.2, -0.15) is 0 Å². The molecular formula is C22H20FN3O. The average molecular weight is 361 g/mol. The molecule has 136 valence electrons. The van der Waals surface area contributed by atoms with Crippen molar-refractivity contribution in [2.75, 3.05) is 0 Å². The van der Waals surface area contributed by atoms with E-state index in [0.717, 1.165) is 16.7 Å². The summed E-state index contributed by atoms with van der Waals surface area (Å²) >= 11 is 0. The topological polar surface area (TPSA) is 57.8 Å². The minimum Gasteiger partial charge on any atom is -0.392 e. The predicted molar refractivity (Wildman–Crippen MR) is 109 cm³/mol. The highest BCUT2D eigenvalue weighted by Crippen LogP contribution is 2.37. The van der Waals surface area contributed by atoms with Crippen LogP contribution in [0.25, 0.3) is 22.4 Å². The van der Waals surface area contributed by atoms with Gasteiger partial charge in [0, 0.05) is 23.5 Å². The lowest BCUT2D eigenvalue weighted by Crippen LogP contribution is -1.95. The van der Waals surface area contributed by atoms with Crippen molar-refractivity contribution in [2.24, 2.45) is 9.98 Å². The van der Waals surface area contributed by atoms with E-state index in [2.05, 4.69) is 21.7 Å². The molecule has 5 heteroatoms. The zero-order valence-electron chi connectivity index (χ0n) is 15.3. The summed E-state index contributed by atoms with van der Waals surface area (Å²) in [5, 5.41) is 9.54. The van der Waals surface area contributed by atoms with E-state index in [9.17, 15) is 9.50 Å². The van der Waals surface area contributed by atoms with Crippen LogP contribution in [0.3, 0.4) is 0 Å². The van der Waals surface area contributed by atoms with Crippen LogP contribution in [-0.2, 0) is 6.61 Å². The molecule has 0 radical (unpaired) electrons. The van der Waals surface area contributed by atoms with Gasteiger partial charge in [0.25, 0.3) is 0 Å². The van der Waals surface area contributed by atoms with Gasteiger partial charge in [0.2, 0.25) is 0 Å². The Morgan fingerprint density at radius 1 is 1.11 bits per heavy atom. The summed E-state index contributed by atoms with van der Waals surface area (Å²) < 4.78 is 13.7. The molecule has 0 aliphatic heterocycles. The molecule has 0 bridgehead atoms.